The van der Waals surface area contributed by atoms with E-state index < -0.39 is 0 Å². The van der Waals surface area contributed by atoms with Crippen molar-refractivity contribution in [3.05, 3.63) is 29.8 Å². The molecule has 0 unspecified atom stereocenters. The molecule has 0 radical (unpaired) electrons. The molecule has 0 saturated carbocycles. The van der Waals surface area contributed by atoms with Crippen molar-refractivity contribution in [1.82, 2.24) is 5.32 Å². The molecule has 1 aromatic rings. The highest BCUT2D eigenvalue weighted by atomic mass is 16.1. The third kappa shape index (κ3) is 6.97. The van der Waals surface area contributed by atoms with Crippen LogP contribution in [0.4, 0.5) is 5.69 Å². The van der Waals surface area contributed by atoms with Crippen LogP contribution in [0.5, 0.6) is 0 Å². The number of unbranched alkanes of at least 4 members (excludes halogenated alkanes) is 1. The summed E-state index contributed by atoms with van der Waals surface area (Å²) in [6.45, 7) is 7.77. The predicted molar refractivity (Wildman–Crippen MR) is 81.4 cm³/mol. The van der Waals surface area contributed by atoms with Gasteiger partial charge in [0.15, 0.2) is 0 Å². The minimum atomic E-state index is 0.0261. The molecule has 0 aliphatic carbocycles. The van der Waals surface area contributed by atoms with Crippen molar-refractivity contribution in [1.29, 1.82) is 0 Å². The number of carbonyl (C=O) groups is 1. The second kappa shape index (κ2) is 8.70. The van der Waals surface area contributed by atoms with Crippen LogP contribution in [0.3, 0.4) is 0 Å². The Hall–Kier alpha value is -1.35. The standard InChI is InChI=1S/C16H26N2O/c1-13(2)8-6-7-11-17-12-16(19)18-15-10-5-4-9-14(15)3/h4-5,9-10,13,17H,6-8,11-12H2,1-3H3,(H,18,19). The Labute approximate surface area is 116 Å². The molecule has 0 aliphatic rings. The second-order valence-electron chi connectivity index (χ2n) is 5.43. The minimum absolute atomic E-state index is 0.0261. The van der Waals surface area contributed by atoms with Crippen LogP contribution in [0.2, 0.25) is 0 Å². The van der Waals surface area contributed by atoms with Gasteiger partial charge in [-0.25, -0.2) is 0 Å². The van der Waals surface area contributed by atoms with Crippen molar-refractivity contribution in [3.8, 4) is 0 Å². The van der Waals surface area contributed by atoms with Gasteiger partial charge in [-0.15, -0.1) is 0 Å². The first kappa shape index (κ1) is 15.7. The second-order valence-corrected chi connectivity index (χ2v) is 5.43. The fourth-order valence-electron chi connectivity index (χ4n) is 1.91. The summed E-state index contributed by atoms with van der Waals surface area (Å²) in [5.74, 6) is 0.794. The maximum Gasteiger partial charge on any atom is 0.238 e. The number of hydrogen-bond donors (Lipinski definition) is 2. The summed E-state index contributed by atoms with van der Waals surface area (Å²) < 4.78 is 0. The normalized spacial score (nSPS) is 10.7. The smallest absolute Gasteiger partial charge is 0.238 e. The largest absolute Gasteiger partial charge is 0.325 e. The molecule has 0 aliphatic heterocycles. The molecule has 1 aromatic carbocycles. The fourth-order valence-corrected chi connectivity index (χ4v) is 1.91. The topological polar surface area (TPSA) is 41.1 Å². The lowest BCUT2D eigenvalue weighted by Gasteiger charge is -2.09. The van der Waals surface area contributed by atoms with Gasteiger partial charge in [0.1, 0.15) is 0 Å². The maximum atomic E-state index is 11.7. The number of rotatable bonds is 8. The molecule has 19 heavy (non-hydrogen) atoms. The number of anilines is 1. The van der Waals surface area contributed by atoms with Crippen LogP contribution >= 0.6 is 0 Å². The molecule has 1 amide bonds. The lowest BCUT2D eigenvalue weighted by Crippen LogP contribution is -2.29. The summed E-state index contributed by atoms with van der Waals surface area (Å²) in [4.78, 5) is 11.7. The molecule has 3 heteroatoms. The third-order valence-electron chi connectivity index (χ3n) is 3.09. The van der Waals surface area contributed by atoms with Gasteiger partial charge in [-0.2, -0.15) is 0 Å². The molecule has 1 rings (SSSR count). The van der Waals surface area contributed by atoms with Crippen molar-refractivity contribution in [2.24, 2.45) is 5.92 Å². The maximum absolute atomic E-state index is 11.7. The van der Waals surface area contributed by atoms with E-state index in [2.05, 4.69) is 24.5 Å². The summed E-state index contributed by atoms with van der Waals surface area (Å²) in [5.41, 5.74) is 1.99. The van der Waals surface area contributed by atoms with E-state index in [9.17, 15) is 4.79 Å². The van der Waals surface area contributed by atoms with E-state index in [0.29, 0.717) is 6.54 Å². The zero-order valence-corrected chi connectivity index (χ0v) is 12.3. The molecular weight excluding hydrogens is 236 g/mol. The molecule has 3 nitrogen and oxygen atoms in total. The van der Waals surface area contributed by atoms with Crippen LogP contribution in [-0.4, -0.2) is 19.0 Å². The molecule has 0 spiro atoms. The SMILES string of the molecule is Cc1ccccc1NC(=O)CNCCCCC(C)C. The van der Waals surface area contributed by atoms with Crippen molar-refractivity contribution in [2.45, 2.75) is 40.0 Å². The quantitative estimate of drug-likeness (QED) is 0.705. The van der Waals surface area contributed by atoms with Gasteiger partial charge in [0.25, 0.3) is 0 Å². The highest BCUT2D eigenvalue weighted by molar-refractivity contribution is 5.92. The van der Waals surface area contributed by atoms with E-state index in [0.717, 1.165) is 30.1 Å². The van der Waals surface area contributed by atoms with E-state index in [-0.39, 0.29) is 5.91 Å². The summed E-state index contributed by atoms with van der Waals surface area (Å²) >= 11 is 0. The van der Waals surface area contributed by atoms with Crippen LogP contribution in [0.1, 0.15) is 38.7 Å². The summed E-state index contributed by atoms with van der Waals surface area (Å²) in [7, 11) is 0. The number of carbonyl (C=O) groups excluding carboxylic acids is 1. The van der Waals surface area contributed by atoms with Gasteiger partial charge in [-0.1, -0.05) is 44.9 Å². The number of aryl methyl sites for hydroxylation is 1. The number of amides is 1. The van der Waals surface area contributed by atoms with Crippen LogP contribution in [0, 0.1) is 12.8 Å². The molecule has 0 fully saturated rings. The third-order valence-corrected chi connectivity index (χ3v) is 3.09. The van der Waals surface area contributed by atoms with Gasteiger partial charge >= 0.3 is 0 Å². The minimum Gasteiger partial charge on any atom is -0.325 e. The molecule has 2 N–H and O–H groups in total. The molecular formula is C16H26N2O. The van der Waals surface area contributed by atoms with Gasteiger partial charge in [0.2, 0.25) is 5.91 Å². The van der Waals surface area contributed by atoms with E-state index in [1.165, 1.54) is 12.8 Å². The zero-order valence-electron chi connectivity index (χ0n) is 12.3. The Kier molecular flexibility index (Phi) is 7.19. The van der Waals surface area contributed by atoms with Crippen LogP contribution < -0.4 is 10.6 Å². The first-order valence-corrected chi connectivity index (χ1v) is 7.16. The lowest BCUT2D eigenvalue weighted by molar-refractivity contribution is -0.115. The molecule has 106 valence electrons. The summed E-state index contributed by atoms with van der Waals surface area (Å²) in [6, 6.07) is 7.82. The first-order valence-electron chi connectivity index (χ1n) is 7.16. The highest BCUT2D eigenvalue weighted by Gasteiger charge is 2.03. The predicted octanol–water partition coefficient (Wildman–Crippen LogP) is 3.35. The highest BCUT2D eigenvalue weighted by Crippen LogP contribution is 2.12. The fraction of sp³-hybridized carbons (Fsp3) is 0.562. The van der Waals surface area contributed by atoms with Crippen LogP contribution in [0.25, 0.3) is 0 Å². The Morgan fingerprint density at radius 3 is 2.63 bits per heavy atom. The molecule has 0 heterocycles. The van der Waals surface area contributed by atoms with Crippen molar-refractivity contribution in [2.75, 3.05) is 18.4 Å². The number of para-hydroxylation sites is 1. The van der Waals surface area contributed by atoms with Crippen LogP contribution in [0.15, 0.2) is 24.3 Å². The summed E-state index contributed by atoms with van der Waals surface area (Å²) in [6.07, 6.45) is 3.62. The van der Waals surface area contributed by atoms with Gasteiger partial charge < -0.3 is 10.6 Å². The molecule has 0 bridgehead atoms. The monoisotopic (exact) mass is 262 g/mol. The zero-order chi connectivity index (χ0) is 14.1. The van der Waals surface area contributed by atoms with Crippen molar-refractivity contribution >= 4 is 11.6 Å². The van der Waals surface area contributed by atoms with E-state index >= 15 is 0 Å². The molecule has 0 saturated heterocycles. The van der Waals surface area contributed by atoms with E-state index in [1.54, 1.807) is 0 Å². The number of benzene rings is 1. The Morgan fingerprint density at radius 1 is 1.21 bits per heavy atom. The Bertz CT molecular complexity index is 388. The van der Waals surface area contributed by atoms with E-state index in [4.69, 9.17) is 0 Å². The van der Waals surface area contributed by atoms with Gasteiger partial charge in [-0.3, -0.25) is 4.79 Å². The Morgan fingerprint density at radius 2 is 1.95 bits per heavy atom. The van der Waals surface area contributed by atoms with Gasteiger partial charge in [0.05, 0.1) is 6.54 Å². The van der Waals surface area contributed by atoms with E-state index in [1.807, 2.05) is 31.2 Å². The lowest BCUT2D eigenvalue weighted by atomic mass is 10.1. The van der Waals surface area contributed by atoms with Gasteiger partial charge in [-0.05, 0) is 37.4 Å². The molecule has 0 atom stereocenters. The number of nitrogens with one attached hydrogen (secondary N) is 2. The number of hydrogen-bond acceptors (Lipinski definition) is 2. The Balaban J connectivity index is 2.13. The molecule has 0 aromatic heterocycles. The van der Waals surface area contributed by atoms with Crippen molar-refractivity contribution < 1.29 is 4.79 Å². The first-order chi connectivity index (χ1) is 9.09. The average molecular weight is 262 g/mol. The summed E-state index contributed by atoms with van der Waals surface area (Å²) in [5, 5.41) is 6.10. The van der Waals surface area contributed by atoms with Crippen LogP contribution in [-0.2, 0) is 4.79 Å². The average Bonchev–Trinajstić information content (AvgIpc) is 2.36. The van der Waals surface area contributed by atoms with Gasteiger partial charge in [0, 0.05) is 5.69 Å². The van der Waals surface area contributed by atoms with Crippen molar-refractivity contribution in [3.63, 3.8) is 0 Å².